The standard InChI is InChI=1S/C11H9BrN4/c1-7-11(9-4-5-13-15-9)16-6-8(12)2-3-10(16)14-7/h2-6H,1H3,(H,13,15). The molecule has 0 aromatic carbocycles. The lowest BCUT2D eigenvalue weighted by Crippen LogP contribution is -1.89. The molecule has 0 aliphatic rings. The number of hydrogen-bond donors (Lipinski definition) is 1. The third-order valence-corrected chi connectivity index (χ3v) is 2.98. The minimum Gasteiger partial charge on any atom is -0.297 e. The highest BCUT2D eigenvalue weighted by Crippen LogP contribution is 2.24. The molecular weight excluding hydrogens is 268 g/mol. The summed E-state index contributed by atoms with van der Waals surface area (Å²) in [6.07, 6.45) is 3.75. The number of hydrogen-bond acceptors (Lipinski definition) is 2. The van der Waals surface area contributed by atoms with Gasteiger partial charge < -0.3 is 0 Å². The van der Waals surface area contributed by atoms with Crippen molar-refractivity contribution in [3.05, 3.63) is 40.8 Å². The van der Waals surface area contributed by atoms with Gasteiger partial charge in [-0.1, -0.05) is 0 Å². The fourth-order valence-electron chi connectivity index (χ4n) is 1.85. The van der Waals surface area contributed by atoms with E-state index in [1.165, 1.54) is 0 Å². The molecule has 0 aliphatic heterocycles. The van der Waals surface area contributed by atoms with Crippen molar-refractivity contribution in [1.82, 2.24) is 19.6 Å². The molecule has 0 fully saturated rings. The highest BCUT2D eigenvalue weighted by Gasteiger charge is 2.11. The van der Waals surface area contributed by atoms with Crippen molar-refractivity contribution in [1.29, 1.82) is 0 Å². The van der Waals surface area contributed by atoms with Crippen molar-refractivity contribution in [2.24, 2.45) is 0 Å². The van der Waals surface area contributed by atoms with Gasteiger partial charge in [0.25, 0.3) is 0 Å². The summed E-state index contributed by atoms with van der Waals surface area (Å²) in [5.41, 5.74) is 3.95. The van der Waals surface area contributed by atoms with Gasteiger partial charge in [0.1, 0.15) is 5.65 Å². The minimum absolute atomic E-state index is 0.935. The van der Waals surface area contributed by atoms with Crippen LogP contribution in [0.25, 0.3) is 17.0 Å². The number of pyridine rings is 1. The third kappa shape index (κ3) is 1.36. The Balaban J connectivity index is 2.38. The van der Waals surface area contributed by atoms with Gasteiger partial charge in [-0.15, -0.1) is 0 Å². The van der Waals surface area contributed by atoms with Crippen molar-refractivity contribution in [3.8, 4) is 11.4 Å². The van der Waals surface area contributed by atoms with Crippen LogP contribution in [-0.4, -0.2) is 19.6 Å². The maximum absolute atomic E-state index is 4.50. The van der Waals surface area contributed by atoms with Crippen LogP contribution in [-0.2, 0) is 0 Å². The Kier molecular flexibility index (Phi) is 2.07. The van der Waals surface area contributed by atoms with Gasteiger partial charge in [0.2, 0.25) is 0 Å². The first-order valence-electron chi connectivity index (χ1n) is 4.89. The number of halogens is 1. The Bertz CT molecular complexity index is 639. The Morgan fingerprint density at radius 1 is 1.31 bits per heavy atom. The smallest absolute Gasteiger partial charge is 0.137 e. The highest BCUT2D eigenvalue weighted by molar-refractivity contribution is 9.10. The van der Waals surface area contributed by atoms with Crippen LogP contribution in [0.5, 0.6) is 0 Å². The van der Waals surface area contributed by atoms with Gasteiger partial charge in [0.15, 0.2) is 0 Å². The zero-order chi connectivity index (χ0) is 11.1. The van der Waals surface area contributed by atoms with Crippen LogP contribution < -0.4 is 0 Å². The number of nitrogens with zero attached hydrogens (tertiary/aromatic N) is 3. The molecule has 1 N–H and O–H groups in total. The molecule has 5 heteroatoms. The summed E-state index contributed by atoms with van der Waals surface area (Å²) in [7, 11) is 0. The van der Waals surface area contributed by atoms with Crippen molar-refractivity contribution in [3.63, 3.8) is 0 Å². The molecule has 0 unspecified atom stereocenters. The monoisotopic (exact) mass is 276 g/mol. The molecule has 3 aromatic rings. The number of rotatable bonds is 1. The van der Waals surface area contributed by atoms with E-state index in [-0.39, 0.29) is 0 Å². The summed E-state index contributed by atoms with van der Waals surface area (Å²) >= 11 is 3.46. The number of imidazole rings is 1. The Labute approximate surface area is 100 Å². The first-order valence-corrected chi connectivity index (χ1v) is 5.69. The number of fused-ring (bicyclic) bond motifs is 1. The molecule has 0 radical (unpaired) electrons. The highest BCUT2D eigenvalue weighted by atomic mass is 79.9. The average molecular weight is 277 g/mol. The SMILES string of the molecule is Cc1nc2ccc(Br)cn2c1-c1ccn[nH]1. The van der Waals surface area contributed by atoms with E-state index in [0.717, 1.165) is 27.2 Å². The topological polar surface area (TPSA) is 46.0 Å². The van der Waals surface area contributed by atoms with Crippen molar-refractivity contribution in [2.75, 3.05) is 0 Å². The lowest BCUT2D eigenvalue weighted by molar-refractivity contribution is 1.07. The van der Waals surface area contributed by atoms with Gasteiger partial charge in [-0.05, 0) is 41.1 Å². The molecule has 4 nitrogen and oxygen atoms in total. The van der Waals surface area contributed by atoms with Crippen LogP contribution in [0.2, 0.25) is 0 Å². The van der Waals surface area contributed by atoms with Crippen molar-refractivity contribution < 1.29 is 0 Å². The van der Waals surface area contributed by atoms with Crippen molar-refractivity contribution >= 4 is 21.6 Å². The largest absolute Gasteiger partial charge is 0.297 e. The van der Waals surface area contributed by atoms with Crippen LogP contribution in [0.15, 0.2) is 35.1 Å². The van der Waals surface area contributed by atoms with E-state index < -0.39 is 0 Å². The van der Waals surface area contributed by atoms with Crippen molar-refractivity contribution in [2.45, 2.75) is 6.92 Å². The normalized spacial score (nSPS) is 11.1. The summed E-state index contributed by atoms with van der Waals surface area (Å²) in [6.45, 7) is 2.00. The van der Waals surface area contributed by atoms with Crippen LogP contribution in [0.4, 0.5) is 0 Å². The summed E-state index contributed by atoms with van der Waals surface area (Å²) in [5.74, 6) is 0. The Hall–Kier alpha value is -1.62. The Morgan fingerprint density at radius 3 is 2.94 bits per heavy atom. The third-order valence-electron chi connectivity index (χ3n) is 2.51. The molecule has 0 amide bonds. The zero-order valence-corrected chi connectivity index (χ0v) is 10.2. The zero-order valence-electron chi connectivity index (χ0n) is 8.61. The van der Waals surface area contributed by atoms with Crippen LogP contribution in [0.3, 0.4) is 0 Å². The second kappa shape index (κ2) is 3.45. The van der Waals surface area contributed by atoms with E-state index in [1.807, 2.05) is 35.7 Å². The summed E-state index contributed by atoms with van der Waals surface area (Å²) in [4.78, 5) is 4.50. The fourth-order valence-corrected chi connectivity index (χ4v) is 2.19. The van der Waals surface area contributed by atoms with Gasteiger partial charge in [-0.25, -0.2) is 4.98 Å². The van der Waals surface area contributed by atoms with E-state index in [1.54, 1.807) is 6.20 Å². The van der Waals surface area contributed by atoms with Crippen LogP contribution >= 0.6 is 15.9 Å². The fraction of sp³-hybridized carbons (Fsp3) is 0.0909. The number of H-pyrrole nitrogens is 1. The van der Waals surface area contributed by atoms with E-state index in [4.69, 9.17) is 0 Å². The first-order chi connectivity index (χ1) is 7.75. The predicted molar refractivity (Wildman–Crippen MR) is 65.2 cm³/mol. The Morgan fingerprint density at radius 2 is 2.19 bits per heavy atom. The lowest BCUT2D eigenvalue weighted by atomic mass is 10.2. The number of nitrogens with one attached hydrogen (secondary N) is 1. The molecule has 3 aromatic heterocycles. The van der Waals surface area contributed by atoms with E-state index in [2.05, 4.69) is 31.1 Å². The predicted octanol–water partition coefficient (Wildman–Crippen LogP) is 2.80. The van der Waals surface area contributed by atoms with Gasteiger partial charge >= 0.3 is 0 Å². The van der Waals surface area contributed by atoms with E-state index in [9.17, 15) is 0 Å². The molecule has 0 saturated heterocycles. The number of aryl methyl sites for hydroxylation is 1. The lowest BCUT2D eigenvalue weighted by Gasteiger charge is -2.00. The molecule has 0 saturated carbocycles. The summed E-state index contributed by atoms with van der Waals surface area (Å²) in [6, 6.07) is 5.91. The van der Waals surface area contributed by atoms with Gasteiger partial charge in [-0.3, -0.25) is 9.50 Å². The maximum Gasteiger partial charge on any atom is 0.137 e. The second-order valence-electron chi connectivity index (χ2n) is 3.59. The van der Waals surface area contributed by atoms with E-state index >= 15 is 0 Å². The molecule has 3 rings (SSSR count). The molecular formula is C11H9BrN4. The second-order valence-corrected chi connectivity index (χ2v) is 4.51. The summed E-state index contributed by atoms with van der Waals surface area (Å²) < 4.78 is 3.07. The maximum atomic E-state index is 4.50. The molecule has 80 valence electrons. The summed E-state index contributed by atoms with van der Waals surface area (Å²) in [5, 5.41) is 6.94. The van der Waals surface area contributed by atoms with Crippen LogP contribution in [0.1, 0.15) is 5.69 Å². The molecule has 0 spiro atoms. The number of aromatic nitrogens is 4. The van der Waals surface area contributed by atoms with Gasteiger partial charge in [-0.2, -0.15) is 5.10 Å². The van der Waals surface area contributed by atoms with E-state index in [0.29, 0.717) is 0 Å². The molecule has 0 bridgehead atoms. The average Bonchev–Trinajstić information content (AvgIpc) is 2.83. The van der Waals surface area contributed by atoms with Gasteiger partial charge in [0, 0.05) is 16.9 Å². The van der Waals surface area contributed by atoms with Gasteiger partial charge in [0.05, 0.1) is 17.1 Å². The quantitative estimate of drug-likeness (QED) is 0.743. The molecule has 3 heterocycles. The molecule has 0 aliphatic carbocycles. The van der Waals surface area contributed by atoms with Crippen LogP contribution in [0, 0.1) is 6.92 Å². The number of aromatic amines is 1. The molecule has 16 heavy (non-hydrogen) atoms. The minimum atomic E-state index is 0.935. The molecule has 0 atom stereocenters. The first kappa shape index (κ1) is 9.59.